The van der Waals surface area contributed by atoms with E-state index in [0.717, 1.165) is 0 Å². The van der Waals surface area contributed by atoms with Crippen LogP contribution in [0.25, 0.3) is 0 Å². The second kappa shape index (κ2) is 7.44. The summed E-state index contributed by atoms with van der Waals surface area (Å²) in [5.74, 6) is 0.679. The fraction of sp³-hybridized carbons (Fsp3) is 0.438. The molecule has 5 atom stereocenters. The molecule has 1 saturated heterocycles. The Hall–Kier alpha value is -2.18. The molecule has 3 N–H and O–H groups in total. The van der Waals surface area contributed by atoms with E-state index >= 15 is 0 Å². The molecule has 1 unspecified atom stereocenters. The van der Waals surface area contributed by atoms with Crippen LogP contribution in [0.2, 0.25) is 0 Å². The van der Waals surface area contributed by atoms with E-state index in [4.69, 9.17) is 18.7 Å². The van der Waals surface area contributed by atoms with Gasteiger partial charge in [-0.2, -0.15) is 8.42 Å². The molecule has 1 aliphatic rings. The number of aliphatic hydroxyl groups is 2. The zero-order chi connectivity index (χ0) is 19.8. The van der Waals surface area contributed by atoms with E-state index in [9.17, 15) is 23.2 Å². The van der Waals surface area contributed by atoms with Gasteiger partial charge in [-0.05, 0) is 19.1 Å². The first kappa shape index (κ1) is 19.6. The van der Waals surface area contributed by atoms with Crippen molar-refractivity contribution >= 4 is 10.1 Å². The zero-order valence-corrected chi connectivity index (χ0v) is 15.2. The highest BCUT2D eigenvalue weighted by Gasteiger charge is 2.52. The molecule has 0 radical (unpaired) electrons. The van der Waals surface area contributed by atoms with Crippen molar-refractivity contribution in [1.82, 2.24) is 5.16 Å². The zero-order valence-electron chi connectivity index (χ0n) is 14.4. The summed E-state index contributed by atoms with van der Waals surface area (Å²) in [4.78, 5) is 0. The average Bonchev–Trinajstić information content (AvgIpc) is 2.92. The summed E-state index contributed by atoms with van der Waals surface area (Å²) in [6, 6.07) is 8.19. The fourth-order valence-electron chi connectivity index (χ4n) is 2.70. The van der Waals surface area contributed by atoms with Crippen LogP contribution in [0.3, 0.4) is 0 Å². The Morgan fingerprint density at radius 2 is 1.74 bits per heavy atom. The molecule has 0 spiro atoms. The predicted molar refractivity (Wildman–Crippen MR) is 89.7 cm³/mol. The number of para-hydroxylation sites is 1. The third kappa shape index (κ3) is 4.06. The molecule has 2 aromatic rings. The van der Waals surface area contributed by atoms with E-state index in [0.29, 0.717) is 5.69 Å². The van der Waals surface area contributed by atoms with Gasteiger partial charge in [0.05, 0.1) is 0 Å². The Morgan fingerprint density at radius 1 is 1.07 bits per heavy atom. The molecule has 1 fully saturated rings. The molecule has 2 heterocycles. The molecule has 1 aromatic carbocycles. The van der Waals surface area contributed by atoms with Crippen LogP contribution in [0.4, 0.5) is 0 Å². The van der Waals surface area contributed by atoms with Crippen LogP contribution < -0.4 is 9.47 Å². The molecule has 0 aliphatic carbocycles. The van der Waals surface area contributed by atoms with Gasteiger partial charge in [0.15, 0.2) is 23.7 Å². The number of aryl methyl sites for hydroxylation is 2. The summed E-state index contributed by atoms with van der Waals surface area (Å²) in [6.07, 6.45) is -6.53. The van der Waals surface area contributed by atoms with Gasteiger partial charge >= 0.3 is 0 Å². The maximum absolute atomic E-state index is 11.6. The van der Waals surface area contributed by atoms with Crippen molar-refractivity contribution in [2.75, 3.05) is 0 Å². The Kier molecular flexibility index (Phi) is 5.40. The van der Waals surface area contributed by atoms with Crippen LogP contribution >= 0.6 is 0 Å². The minimum atomic E-state index is -4.84. The standard InChI is InChI=1S/C16H19NO9S/c1-8-13(9(2)26-17-8)24-14-11(18)15(23-10-6-4-3-5-7-10)25-16(12(14)19)27(20,21)22/h3-7,11-12,14-16,18-19H,1-2H3,(H,20,21,22)/t11-,12+,14-,15-,16?/m1/s1. The fourth-order valence-corrected chi connectivity index (χ4v) is 3.46. The Labute approximate surface area is 155 Å². The van der Waals surface area contributed by atoms with Crippen molar-refractivity contribution < 1.29 is 41.9 Å². The van der Waals surface area contributed by atoms with Gasteiger partial charge in [0.2, 0.25) is 11.7 Å². The number of hydrogen-bond donors (Lipinski definition) is 3. The Balaban J connectivity index is 1.92. The van der Waals surface area contributed by atoms with Gasteiger partial charge in [0.25, 0.3) is 10.1 Å². The van der Waals surface area contributed by atoms with Gasteiger partial charge in [-0.1, -0.05) is 23.4 Å². The van der Waals surface area contributed by atoms with Gasteiger partial charge in [-0.25, -0.2) is 0 Å². The first-order chi connectivity index (χ1) is 12.7. The SMILES string of the molecule is Cc1noc(C)c1O[C@@H]1[C@@H](O)[C@H](Oc2ccccc2)OC(S(=O)(=O)O)[C@H]1O. The first-order valence-corrected chi connectivity index (χ1v) is 9.48. The van der Waals surface area contributed by atoms with Crippen LogP contribution in [0, 0.1) is 13.8 Å². The van der Waals surface area contributed by atoms with E-state index in [1.54, 1.807) is 44.2 Å². The van der Waals surface area contributed by atoms with Crippen molar-refractivity contribution in [3.63, 3.8) is 0 Å². The molecular weight excluding hydrogens is 382 g/mol. The van der Waals surface area contributed by atoms with Crippen LogP contribution in [-0.4, -0.2) is 58.4 Å². The average molecular weight is 401 g/mol. The summed E-state index contributed by atoms with van der Waals surface area (Å²) in [7, 11) is -4.84. The van der Waals surface area contributed by atoms with Crippen LogP contribution in [0.15, 0.2) is 34.9 Å². The lowest BCUT2D eigenvalue weighted by molar-refractivity contribution is -0.249. The molecule has 1 aromatic heterocycles. The van der Waals surface area contributed by atoms with Crippen LogP contribution in [0.5, 0.6) is 11.5 Å². The number of benzene rings is 1. The van der Waals surface area contributed by atoms with E-state index < -0.39 is 40.2 Å². The molecule has 0 amide bonds. The summed E-state index contributed by atoms with van der Waals surface area (Å²) >= 11 is 0. The number of nitrogens with zero attached hydrogens (tertiary/aromatic N) is 1. The molecule has 0 saturated carbocycles. The van der Waals surface area contributed by atoms with Crippen molar-refractivity contribution in [1.29, 1.82) is 0 Å². The van der Waals surface area contributed by atoms with E-state index in [1.165, 1.54) is 0 Å². The normalized spacial score (nSPS) is 28.7. The van der Waals surface area contributed by atoms with E-state index in [1.807, 2.05) is 0 Å². The number of aromatic nitrogens is 1. The van der Waals surface area contributed by atoms with Gasteiger partial charge < -0.3 is 28.9 Å². The highest BCUT2D eigenvalue weighted by molar-refractivity contribution is 7.86. The van der Waals surface area contributed by atoms with Gasteiger partial charge in [-0.15, -0.1) is 0 Å². The molecule has 11 heteroatoms. The summed E-state index contributed by atoms with van der Waals surface area (Å²) in [5, 5.41) is 24.6. The van der Waals surface area contributed by atoms with E-state index in [2.05, 4.69) is 5.16 Å². The maximum Gasteiger partial charge on any atom is 0.295 e. The maximum atomic E-state index is 11.6. The molecule has 148 valence electrons. The third-order valence-corrected chi connectivity index (χ3v) is 4.99. The summed E-state index contributed by atoms with van der Waals surface area (Å²) < 4.78 is 53.8. The minimum absolute atomic E-state index is 0.132. The Morgan fingerprint density at radius 3 is 2.30 bits per heavy atom. The first-order valence-electron chi connectivity index (χ1n) is 7.97. The topological polar surface area (TPSA) is 149 Å². The second-order valence-electron chi connectivity index (χ2n) is 6.04. The summed E-state index contributed by atoms with van der Waals surface area (Å²) in [6.45, 7) is 3.12. The minimum Gasteiger partial charge on any atom is -0.479 e. The monoisotopic (exact) mass is 401 g/mol. The van der Waals surface area contributed by atoms with Crippen molar-refractivity contribution in [3.8, 4) is 11.5 Å². The van der Waals surface area contributed by atoms with Crippen molar-refractivity contribution in [2.24, 2.45) is 0 Å². The molecule has 27 heavy (non-hydrogen) atoms. The predicted octanol–water partition coefficient (Wildman–Crippen LogP) is 0.410. The van der Waals surface area contributed by atoms with Crippen molar-refractivity contribution in [3.05, 3.63) is 41.8 Å². The van der Waals surface area contributed by atoms with Gasteiger partial charge in [0.1, 0.15) is 17.5 Å². The lowest BCUT2D eigenvalue weighted by Crippen LogP contribution is -2.62. The number of ether oxygens (including phenoxy) is 3. The third-order valence-electron chi connectivity index (χ3n) is 4.01. The highest BCUT2D eigenvalue weighted by atomic mass is 32.2. The second-order valence-corrected chi connectivity index (χ2v) is 7.53. The lowest BCUT2D eigenvalue weighted by atomic mass is 10.0. The number of rotatable bonds is 5. The van der Waals surface area contributed by atoms with Crippen molar-refractivity contribution in [2.45, 2.75) is 43.9 Å². The van der Waals surface area contributed by atoms with Gasteiger partial charge in [-0.3, -0.25) is 4.55 Å². The molecule has 0 bridgehead atoms. The smallest absolute Gasteiger partial charge is 0.295 e. The van der Waals surface area contributed by atoms with Gasteiger partial charge in [0, 0.05) is 6.92 Å². The number of hydrogen-bond acceptors (Lipinski definition) is 9. The summed E-state index contributed by atoms with van der Waals surface area (Å²) in [5.41, 5.74) is -1.75. The largest absolute Gasteiger partial charge is 0.479 e. The molecule has 10 nitrogen and oxygen atoms in total. The van der Waals surface area contributed by atoms with Crippen LogP contribution in [-0.2, 0) is 14.9 Å². The Bertz CT molecular complexity index is 863. The van der Waals surface area contributed by atoms with E-state index in [-0.39, 0.29) is 17.3 Å². The lowest BCUT2D eigenvalue weighted by Gasteiger charge is -2.40. The quantitative estimate of drug-likeness (QED) is 0.601. The number of aliphatic hydroxyl groups excluding tert-OH is 2. The molecule has 3 rings (SSSR count). The molecular formula is C16H19NO9S. The molecule has 1 aliphatic heterocycles. The van der Waals surface area contributed by atoms with Crippen LogP contribution in [0.1, 0.15) is 11.5 Å². The highest BCUT2D eigenvalue weighted by Crippen LogP contribution is 2.31.